The molecule has 1 aromatic heterocycles. The third-order valence-corrected chi connectivity index (χ3v) is 6.58. The molecule has 1 saturated carbocycles. The molecular weight excluding hydrogens is 366 g/mol. The largest absolute Gasteiger partial charge is 0.357 e. The predicted molar refractivity (Wildman–Crippen MR) is 106 cm³/mol. The molecule has 1 aromatic carbocycles. The molecule has 2 aromatic rings. The van der Waals surface area contributed by atoms with Gasteiger partial charge in [-0.3, -0.25) is 9.69 Å². The highest BCUT2D eigenvalue weighted by atomic mass is 32.2. The van der Waals surface area contributed by atoms with Crippen LogP contribution < -0.4 is 5.32 Å². The van der Waals surface area contributed by atoms with Gasteiger partial charge in [0.1, 0.15) is 0 Å². The summed E-state index contributed by atoms with van der Waals surface area (Å²) in [5.41, 5.74) is 1.33. The number of thioether (sulfide) groups is 1. The second-order valence-electron chi connectivity index (χ2n) is 6.72. The van der Waals surface area contributed by atoms with Crippen molar-refractivity contribution < 1.29 is 4.79 Å². The molecule has 8 heteroatoms. The second kappa shape index (κ2) is 8.37. The van der Waals surface area contributed by atoms with Gasteiger partial charge in [0.2, 0.25) is 11.0 Å². The summed E-state index contributed by atoms with van der Waals surface area (Å²) in [5.74, 6) is 0.637. The molecule has 26 heavy (non-hydrogen) atoms. The third kappa shape index (κ3) is 4.96. The Hall–Kier alpha value is -1.64. The molecule has 0 atom stereocenters. The number of carbonyl (C=O) groups excluding carboxylic acids is 1. The van der Waals surface area contributed by atoms with Crippen molar-refractivity contribution in [3.8, 4) is 0 Å². The van der Waals surface area contributed by atoms with Crippen molar-refractivity contribution in [1.29, 1.82) is 0 Å². The van der Waals surface area contributed by atoms with Crippen molar-refractivity contribution in [2.24, 2.45) is 0 Å². The summed E-state index contributed by atoms with van der Waals surface area (Å²) >= 11 is 3.04. The van der Waals surface area contributed by atoms with E-state index in [0.29, 0.717) is 11.8 Å². The molecule has 0 unspecified atom stereocenters. The minimum absolute atomic E-state index is 0.196. The first kappa shape index (κ1) is 17.8. The van der Waals surface area contributed by atoms with E-state index in [-0.39, 0.29) is 5.91 Å². The summed E-state index contributed by atoms with van der Waals surface area (Å²) in [4.78, 5) is 16.8. The second-order valence-corrected chi connectivity index (χ2v) is 8.92. The summed E-state index contributed by atoms with van der Waals surface area (Å²) in [6, 6.07) is 11.1. The first-order valence-electron chi connectivity index (χ1n) is 9.03. The fraction of sp³-hybridized carbons (Fsp3) is 0.500. The molecule has 0 radical (unpaired) electrons. The Morgan fingerprint density at radius 2 is 1.92 bits per heavy atom. The smallest absolute Gasteiger partial charge is 0.233 e. The number of aromatic nitrogens is 2. The number of carbonyl (C=O) groups is 1. The van der Waals surface area contributed by atoms with Crippen molar-refractivity contribution in [1.82, 2.24) is 20.0 Å². The van der Waals surface area contributed by atoms with Gasteiger partial charge in [-0.05, 0) is 18.4 Å². The maximum absolute atomic E-state index is 12.5. The van der Waals surface area contributed by atoms with E-state index in [1.165, 1.54) is 30.2 Å². The van der Waals surface area contributed by atoms with Crippen molar-refractivity contribution >= 4 is 34.1 Å². The third-order valence-electron chi connectivity index (χ3n) is 4.60. The van der Waals surface area contributed by atoms with Crippen LogP contribution in [0.15, 0.2) is 34.7 Å². The maximum atomic E-state index is 12.5. The summed E-state index contributed by atoms with van der Waals surface area (Å²) in [5, 5.41) is 12.5. The lowest BCUT2D eigenvalue weighted by molar-refractivity contribution is -0.130. The van der Waals surface area contributed by atoms with Crippen LogP contribution in [0.4, 0.5) is 5.13 Å². The van der Waals surface area contributed by atoms with Crippen molar-refractivity contribution in [2.45, 2.75) is 29.8 Å². The fourth-order valence-electron chi connectivity index (χ4n) is 2.94. The minimum atomic E-state index is 0.196. The SMILES string of the molecule is O=C(CSc1nnc(NC2CC2)s1)N1CCN(Cc2ccccc2)CC1. The minimum Gasteiger partial charge on any atom is -0.357 e. The van der Waals surface area contributed by atoms with E-state index in [4.69, 9.17) is 0 Å². The zero-order valence-electron chi connectivity index (χ0n) is 14.6. The number of piperazine rings is 1. The lowest BCUT2D eigenvalue weighted by Crippen LogP contribution is -2.48. The van der Waals surface area contributed by atoms with E-state index in [0.717, 1.165) is 42.2 Å². The Bertz CT molecular complexity index is 726. The molecule has 1 saturated heterocycles. The number of anilines is 1. The lowest BCUT2D eigenvalue weighted by atomic mass is 10.2. The Kier molecular flexibility index (Phi) is 5.72. The Labute approximate surface area is 162 Å². The molecule has 1 aliphatic carbocycles. The number of nitrogens with one attached hydrogen (secondary N) is 1. The van der Waals surface area contributed by atoms with E-state index >= 15 is 0 Å². The maximum Gasteiger partial charge on any atom is 0.233 e. The number of nitrogens with zero attached hydrogens (tertiary/aromatic N) is 4. The van der Waals surface area contributed by atoms with Gasteiger partial charge >= 0.3 is 0 Å². The van der Waals surface area contributed by atoms with E-state index in [2.05, 4.69) is 44.7 Å². The van der Waals surface area contributed by atoms with E-state index in [1.807, 2.05) is 11.0 Å². The summed E-state index contributed by atoms with van der Waals surface area (Å²) in [6.45, 7) is 4.42. The average Bonchev–Trinajstić information content (AvgIpc) is 3.37. The molecule has 4 rings (SSSR count). The van der Waals surface area contributed by atoms with Gasteiger partial charge in [-0.1, -0.05) is 53.4 Å². The molecule has 1 aliphatic heterocycles. The molecule has 1 amide bonds. The van der Waals surface area contributed by atoms with Crippen LogP contribution in [-0.2, 0) is 11.3 Å². The predicted octanol–water partition coefficient (Wildman–Crippen LogP) is 2.55. The normalized spacial score (nSPS) is 18.1. The number of amides is 1. The van der Waals surface area contributed by atoms with Gasteiger partial charge in [0, 0.05) is 38.8 Å². The summed E-state index contributed by atoms with van der Waals surface area (Å²) < 4.78 is 0.865. The number of rotatable bonds is 7. The molecule has 2 heterocycles. The highest BCUT2D eigenvalue weighted by Gasteiger charge is 2.23. The molecule has 0 spiro atoms. The summed E-state index contributed by atoms with van der Waals surface area (Å²) in [6.07, 6.45) is 2.44. The first-order valence-corrected chi connectivity index (χ1v) is 10.8. The standard InChI is InChI=1S/C18H23N5OS2/c24-16(13-25-18-21-20-17(26-18)19-15-6-7-15)23-10-8-22(9-11-23)12-14-4-2-1-3-5-14/h1-5,15H,6-13H2,(H,19,20). The van der Waals surface area contributed by atoms with Crippen LogP contribution in [0.1, 0.15) is 18.4 Å². The van der Waals surface area contributed by atoms with Crippen LogP contribution in [0.2, 0.25) is 0 Å². The van der Waals surface area contributed by atoms with Gasteiger partial charge in [0.15, 0.2) is 4.34 Å². The van der Waals surface area contributed by atoms with Crippen LogP contribution in [0, 0.1) is 0 Å². The van der Waals surface area contributed by atoms with E-state index in [1.54, 1.807) is 11.3 Å². The number of hydrogen-bond donors (Lipinski definition) is 1. The van der Waals surface area contributed by atoms with Crippen molar-refractivity contribution in [3.05, 3.63) is 35.9 Å². The van der Waals surface area contributed by atoms with Crippen molar-refractivity contribution in [2.75, 3.05) is 37.2 Å². The van der Waals surface area contributed by atoms with Crippen LogP contribution in [0.3, 0.4) is 0 Å². The quantitative estimate of drug-likeness (QED) is 0.735. The van der Waals surface area contributed by atoms with Crippen LogP contribution in [0.25, 0.3) is 0 Å². The van der Waals surface area contributed by atoms with Gasteiger partial charge in [0.25, 0.3) is 0 Å². The highest BCUT2D eigenvalue weighted by Crippen LogP contribution is 2.30. The fourth-order valence-corrected chi connectivity index (χ4v) is 4.67. The van der Waals surface area contributed by atoms with Crippen LogP contribution in [-0.4, -0.2) is 63.9 Å². The Balaban J connectivity index is 1.19. The molecule has 1 N–H and O–H groups in total. The molecule has 2 fully saturated rings. The Morgan fingerprint density at radius 3 is 2.65 bits per heavy atom. The van der Waals surface area contributed by atoms with Gasteiger partial charge < -0.3 is 10.2 Å². The number of benzene rings is 1. The van der Waals surface area contributed by atoms with Crippen LogP contribution in [0.5, 0.6) is 0 Å². The summed E-state index contributed by atoms with van der Waals surface area (Å²) in [7, 11) is 0. The highest BCUT2D eigenvalue weighted by molar-refractivity contribution is 8.01. The van der Waals surface area contributed by atoms with Gasteiger partial charge in [0.05, 0.1) is 5.75 Å². The molecular formula is C18H23N5OS2. The van der Waals surface area contributed by atoms with Crippen LogP contribution >= 0.6 is 23.1 Å². The topological polar surface area (TPSA) is 61.4 Å². The van der Waals surface area contributed by atoms with Gasteiger partial charge in [-0.25, -0.2) is 0 Å². The van der Waals surface area contributed by atoms with Gasteiger partial charge in [-0.2, -0.15) is 0 Å². The zero-order valence-corrected chi connectivity index (χ0v) is 16.3. The number of hydrogen-bond acceptors (Lipinski definition) is 7. The average molecular weight is 390 g/mol. The zero-order chi connectivity index (χ0) is 17.8. The van der Waals surface area contributed by atoms with E-state index in [9.17, 15) is 4.79 Å². The monoisotopic (exact) mass is 389 g/mol. The molecule has 2 aliphatic rings. The molecule has 6 nitrogen and oxygen atoms in total. The first-order chi connectivity index (χ1) is 12.8. The lowest BCUT2D eigenvalue weighted by Gasteiger charge is -2.34. The van der Waals surface area contributed by atoms with Crippen molar-refractivity contribution in [3.63, 3.8) is 0 Å². The van der Waals surface area contributed by atoms with E-state index < -0.39 is 0 Å². The molecule has 0 bridgehead atoms. The Morgan fingerprint density at radius 1 is 1.15 bits per heavy atom. The molecule has 138 valence electrons. The van der Waals surface area contributed by atoms with Gasteiger partial charge in [-0.15, -0.1) is 10.2 Å².